The second kappa shape index (κ2) is 5.19. The average Bonchev–Trinajstić information content (AvgIpc) is 2.39. The molecule has 0 radical (unpaired) electrons. The van der Waals surface area contributed by atoms with Gasteiger partial charge in [0.2, 0.25) is 0 Å². The first kappa shape index (κ1) is 12.6. The molecule has 0 saturated carbocycles. The summed E-state index contributed by atoms with van der Waals surface area (Å²) in [6.07, 6.45) is 10.5. The smallest absolute Gasteiger partial charge is 0.0775 e. The van der Waals surface area contributed by atoms with Crippen molar-refractivity contribution in [1.82, 2.24) is 0 Å². The van der Waals surface area contributed by atoms with Crippen LogP contribution < -0.4 is 5.30 Å². The monoisotopic (exact) mass is 245 g/mol. The van der Waals surface area contributed by atoms with Crippen molar-refractivity contribution in [1.29, 1.82) is 0 Å². The van der Waals surface area contributed by atoms with Crippen LogP contribution in [0.15, 0.2) is 54.6 Å². The van der Waals surface area contributed by atoms with Gasteiger partial charge in [0.05, 0.1) is 31.1 Å². The molecule has 90 valence electrons. The van der Waals surface area contributed by atoms with E-state index in [-0.39, 0.29) is 0 Å². The highest BCUT2D eigenvalue weighted by atomic mass is 31.2. The van der Waals surface area contributed by atoms with Gasteiger partial charge in [0.25, 0.3) is 0 Å². The lowest BCUT2D eigenvalue weighted by atomic mass is 10.0. The van der Waals surface area contributed by atoms with Crippen molar-refractivity contribution in [2.75, 3.05) is 12.8 Å². The Balaban J connectivity index is 2.38. The van der Waals surface area contributed by atoms with Gasteiger partial charge < -0.3 is 0 Å². The molecule has 3 unspecified atom stereocenters. The maximum atomic E-state index is 2.51. The Morgan fingerprint density at radius 3 is 2.29 bits per heavy atom. The van der Waals surface area contributed by atoms with Crippen molar-refractivity contribution in [2.45, 2.75) is 19.5 Å². The number of hydrogen-bond acceptors (Lipinski definition) is 0. The topological polar surface area (TPSA) is 0 Å². The fourth-order valence-corrected chi connectivity index (χ4v) is 6.35. The van der Waals surface area contributed by atoms with Crippen molar-refractivity contribution in [3.05, 3.63) is 54.6 Å². The molecule has 0 fully saturated rings. The van der Waals surface area contributed by atoms with Gasteiger partial charge in [-0.25, -0.2) is 0 Å². The summed E-state index contributed by atoms with van der Waals surface area (Å²) in [6, 6.07) is 11.1. The molecule has 1 heteroatoms. The summed E-state index contributed by atoms with van der Waals surface area (Å²) in [5.41, 5.74) is 0.708. The minimum atomic E-state index is -1.07. The third-order valence-corrected chi connectivity index (χ3v) is 8.78. The summed E-state index contributed by atoms with van der Waals surface area (Å²) in [5, 5.41) is 1.57. The lowest BCUT2D eigenvalue weighted by Crippen LogP contribution is -2.28. The summed E-state index contributed by atoms with van der Waals surface area (Å²) in [7, 11) is -1.07. The summed E-state index contributed by atoms with van der Waals surface area (Å²) in [6.45, 7) is 7.20. The maximum absolute atomic E-state index is 2.51. The van der Waals surface area contributed by atoms with Crippen LogP contribution in [-0.2, 0) is 0 Å². The molecule has 0 aliphatic heterocycles. The first-order valence-electron chi connectivity index (χ1n) is 6.44. The number of allylic oxidation sites excluding steroid dienone is 4. The SMILES string of the molecule is CC[P+](C)(c1ccccc1)C1C=CC=CC1C. The minimum absolute atomic E-state index is 0.665. The third kappa shape index (κ3) is 2.38. The van der Waals surface area contributed by atoms with Gasteiger partial charge in [0.1, 0.15) is 0 Å². The molecule has 1 aliphatic carbocycles. The predicted molar refractivity (Wildman–Crippen MR) is 80.7 cm³/mol. The molecule has 0 spiro atoms. The molecule has 0 bridgehead atoms. The van der Waals surface area contributed by atoms with Crippen LogP contribution in [0.5, 0.6) is 0 Å². The van der Waals surface area contributed by atoms with E-state index in [9.17, 15) is 0 Å². The summed E-state index contributed by atoms with van der Waals surface area (Å²) in [4.78, 5) is 0. The molecule has 2 rings (SSSR count). The van der Waals surface area contributed by atoms with E-state index in [0.717, 1.165) is 0 Å². The van der Waals surface area contributed by atoms with E-state index in [0.29, 0.717) is 11.6 Å². The largest absolute Gasteiger partial charge is 0.0983 e. The number of hydrogen-bond donors (Lipinski definition) is 0. The molecule has 0 N–H and O–H groups in total. The fourth-order valence-electron chi connectivity index (χ4n) is 2.75. The molecule has 0 nitrogen and oxygen atoms in total. The zero-order valence-corrected chi connectivity index (χ0v) is 11.9. The highest BCUT2D eigenvalue weighted by Gasteiger charge is 2.42. The van der Waals surface area contributed by atoms with Crippen molar-refractivity contribution < 1.29 is 0 Å². The fraction of sp³-hybridized carbons (Fsp3) is 0.375. The molecular weight excluding hydrogens is 223 g/mol. The minimum Gasteiger partial charge on any atom is -0.0775 e. The molecule has 0 saturated heterocycles. The molecular formula is C16H22P+. The van der Waals surface area contributed by atoms with E-state index in [1.165, 1.54) is 6.16 Å². The molecule has 1 aromatic carbocycles. The second-order valence-corrected chi connectivity index (χ2v) is 9.32. The summed E-state index contributed by atoms with van der Waals surface area (Å²) < 4.78 is 0. The molecule has 0 heterocycles. The first-order valence-corrected chi connectivity index (χ1v) is 8.93. The molecule has 1 aliphatic rings. The maximum Gasteiger partial charge on any atom is 0.0983 e. The van der Waals surface area contributed by atoms with Crippen LogP contribution in [0.2, 0.25) is 0 Å². The molecule has 3 atom stereocenters. The zero-order valence-electron chi connectivity index (χ0n) is 11.0. The van der Waals surface area contributed by atoms with Crippen LogP contribution in [0.25, 0.3) is 0 Å². The summed E-state index contributed by atoms with van der Waals surface area (Å²) in [5.74, 6) is 0.665. The van der Waals surface area contributed by atoms with E-state index in [4.69, 9.17) is 0 Å². The lowest BCUT2D eigenvalue weighted by Gasteiger charge is -2.32. The highest BCUT2D eigenvalue weighted by molar-refractivity contribution is 7.83. The van der Waals surface area contributed by atoms with Crippen LogP contribution in [0.3, 0.4) is 0 Å². The van der Waals surface area contributed by atoms with Gasteiger partial charge in [-0.2, -0.15) is 0 Å². The van der Waals surface area contributed by atoms with Crippen molar-refractivity contribution in [3.8, 4) is 0 Å². The number of benzene rings is 1. The van der Waals surface area contributed by atoms with E-state index in [2.05, 4.69) is 75.1 Å². The normalized spacial score (nSPS) is 26.8. The van der Waals surface area contributed by atoms with E-state index in [1.54, 1.807) is 5.30 Å². The van der Waals surface area contributed by atoms with Gasteiger partial charge in [-0.3, -0.25) is 0 Å². The standard InChI is InChI=1S/C16H22P/c1-4-17(3,15-11-6-5-7-12-15)16-13-9-8-10-14(16)2/h5-14,16H,4H2,1-3H3/q+1. The van der Waals surface area contributed by atoms with Crippen LogP contribution in [-0.4, -0.2) is 18.5 Å². The molecule has 0 aromatic heterocycles. The average molecular weight is 245 g/mol. The molecule has 0 amide bonds. The Bertz CT molecular complexity index is 418. The Labute approximate surface area is 106 Å². The lowest BCUT2D eigenvalue weighted by molar-refractivity contribution is 0.740. The molecule has 17 heavy (non-hydrogen) atoms. The van der Waals surface area contributed by atoms with Crippen LogP contribution in [0.4, 0.5) is 0 Å². The Kier molecular flexibility index (Phi) is 3.84. The van der Waals surface area contributed by atoms with Gasteiger partial charge in [-0.1, -0.05) is 43.4 Å². The Morgan fingerprint density at radius 1 is 1.06 bits per heavy atom. The van der Waals surface area contributed by atoms with Gasteiger partial charge in [-0.15, -0.1) is 0 Å². The van der Waals surface area contributed by atoms with Gasteiger partial charge in [0, 0.05) is 5.92 Å². The Hall–Kier alpha value is -0.870. The van der Waals surface area contributed by atoms with Crippen LogP contribution in [0, 0.1) is 5.92 Å². The van der Waals surface area contributed by atoms with E-state index < -0.39 is 7.26 Å². The van der Waals surface area contributed by atoms with Crippen molar-refractivity contribution in [3.63, 3.8) is 0 Å². The first-order chi connectivity index (χ1) is 8.18. The van der Waals surface area contributed by atoms with Crippen molar-refractivity contribution >= 4 is 12.6 Å². The van der Waals surface area contributed by atoms with Gasteiger partial charge in [0.15, 0.2) is 0 Å². The van der Waals surface area contributed by atoms with Crippen molar-refractivity contribution in [2.24, 2.45) is 5.92 Å². The predicted octanol–water partition coefficient (Wildman–Crippen LogP) is 4.11. The van der Waals surface area contributed by atoms with E-state index in [1.807, 2.05) is 0 Å². The Morgan fingerprint density at radius 2 is 1.71 bits per heavy atom. The third-order valence-electron chi connectivity index (χ3n) is 4.03. The van der Waals surface area contributed by atoms with Gasteiger partial charge >= 0.3 is 0 Å². The number of rotatable bonds is 3. The van der Waals surface area contributed by atoms with Crippen LogP contribution >= 0.6 is 7.26 Å². The van der Waals surface area contributed by atoms with E-state index >= 15 is 0 Å². The van der Waals surface area contributed by atoms with Crippen LogP contribution in [0.1, 0.15) is 13.8 Å². The quantitative estimate of drug-likeness (QED) is 0.703. The molecule has 1 aromatic rings. The van der Waals surface area contributed by atoms with Gasteiger partial charge in [-0.05, 0) is 25.1 Å². The highest BCUT2D eigenvalue weighted by Crippen LogP contribution is 2.61. The zero-order chi connectivity index (χ0) is 12.3. The summed E-state index contributed by atoms with van der Waals surface area (Å²) >= 11 is 0. The second-order valence-electron chi connectivity index (χ2n) is 5.04.